The molecule has 3 aromatic carbocycles. The van der Waals surface area contributed by atoms with Gasteiger partial charge in [-0.3, -0.25) is 10.1 Å². The Labute approximate surface area is 206 Å². The molecule has 176 valence electrons. The van der Waals surface area contributed by atoms with E-state index in [4.69, 9.17) is 19.2 Å². The monoisotopic (exact) mass is 485 g/mol. The van der Waals surface area contributed by atoms with Crippen molar-refractivity contribution < 1.29 is 19.0 Å². The second-order valence-electron chi connectivity index (χ2n) is 7.68. The Balaban J connectivity index is 1.53. The molecule has 0 aliphatic carbocycles. The number of carbonyl (C=O) groups excluding carboxylic acids is 1. The molecule has 0 saturated heterocycles. The Kier molecular flexibility index (Phi) is 6.20. The summed E-state index contributed by atoms with van der Waals surface area (Å²) in [7, 11) is 3.18. The van der Waals surface area contributed by atoms with Gasteiger partial charge in [-0.1, -0.05) is 29.5 Å². The summed E-state index contributed by atoms with van der Waals surface area (Å²) in [6, 6.07) is 20.6. The number of aromatic nitrogens is 2. The summed E-state index contributed by atoms with van der Waals surface area (Å²) in [5, 5.41) is 4.24. The first-order valence-electron chi connectivity index (χ1n) is 11.1. The number of amides is 1. The van der Waals surface area contributed by atoms with Crippen molar-refractivity contribution in [3.8, 4) is 28.5 Å². The topological polar surface area (TPSA) is 82.6 Å². The number of rotatable bonds is 7. The number of nitrogens with zero attached hydrogens (tertiary/aromatic N) is 2. The van der Waals surface area contributed by atoms with Crippen LogP contribution in [0.3, 0.4) is 0 Å². The van der Waals surface area contributed by atoms with Gasteiger partial charge in [-0.25, -0.2) is 9.97 Å². The third kappa shape index (κ3) is 4.48. The van der Waals surface area contributed by atoms with E-state index in [-0.39, 0.29) is 5.91 Å². The number of nitrogens with one attached hydrogen (secondary N) is 1. The zero-order valence-corrected chi connectivity index (χ0v) is 20.3. The van der Waals surface area contributed by atoms with Gasteiger partial charge in [0.25, 0.3) is 5.91 Å². The number of benzene rings is 3. The van der Waals surface area contributed by atoms with Gasteiger partial charge in [-0.15, -0.1) is 0 Å². The number of para-hydroxylation sites is 1. The maximum atomic E-state index is 13.4. The number of hydrogen-bond acceptors (Lipinski definition) is 7. The fourth-order valence-electron chi connectivity index (χ4n) is 3.89. The number of methoxy groups -OCH3 is 2. The number of anilines is 1. The minimum absolute atomic E-state index is 0.255. The Morgan fingerprint density at radius 2 is 1.74 bits per heavy atom. The Hall–Kier alpha value is -4.17. The summed E-state index contributed by atoms with van der Waals surface area (Å²) in [6.45, 7) is 2.53. The first kappa shape index (κ1) is 22.6. The van der Waals surface area contributed by atoms with E-state index < -0.39 is 0 Å². The molecule has 7 nitrogen and oxygen atoms in total. The second-order valence-corrected chi connectivity index (χ2v) is 8.71. The average molecular weight is 486 g/mol. The van der Waals surface area contributed by atoms with Crippen molar-refractivity contribution in [2.75, 3.05) is 26.1 Å². The third-order valence-electron chi connectivity index (χ3n) is 5.53. The van der Waals surface area contributed by atoms with E-state index in [9.17, 15) is 4.79 Å². The molecule has 2 aromatic heterocycles. The molecule has 0 spiro atoms. The Morgan fingerprint density at radius 3 is 2.54 bits per heavy atom. The number of carbonyl (C=O) groups is 1. The van der Waals surface area contributed by atoms with Gasteiger partial charge < -0.3 is 14.2 Å². The zero-order chi connectivity index (χ0) is 24.4. The highest BCUT2D eigenvalue weighted by Crippen LogP contribution is 2.34. The lowest BCUT2D eigenvalue weighted by Gasteiger charge is -2.12. The molecule has 1 N–H and O–H groups in total. The van der Waals surface area contributed by atoms with Crippen LogP contribution in [0.4, 0.5) is 5.13 Å². The average Bonchev–Trinajstić information content (AvgIpc) is 3.29. The van der Waals surface area contributed by atoms with E-state index in [0.29, 0.717) is 34.5 Å². The number of pyridine rings is 1. The van der Waals surface area contributed by atoms with Crippen molar-refractivity contribution in [1.29, 1.82) is 0 Å². The van der Waals surface area contributed by atoms with Gasteiger partial charge in [-0.2, -0.15) is 0 Å². The molecule has 0 aliphatic rings. The van der Waals surface area contributed by atoms with Crippen LogP contribution in [0.2, 0.25) is 0 Å². The standard InChI is InChI=1S/C27H23N3O4S/c1-4-34-17-10-11-21-25(14-17)35-27(29-21)30-26(31)19-15-22(28-20-8-6-5-7-18(19)20)16-9-12-23(32-2)24(13-16)33-3/h5-15H,4H2,1-3H3,(H,29,30,31). The summed E-state index contributed by atoms with van der Waals surface area (Å²) in [5.74, 6) is 1.74. The normalized spacial score (nSPS) is 10.9. The lowest BCUT2D eigenvalue weighted by molar-refractivity contribution is 0.102. The fourth-order valence-corrected chi connectivity index (χ4v) is 4.78. The maximum Gasteiger partial charge on any atom is 0.258 e. The van der Waals surface area contributed by atoms with E-state index in [0.717, 1.165) is 32.4 Å². The highest BCUT2D eigenvalue weighted by Gasteiger charge is 2.17. The summed E-state index contributed by atoms with van der Waals surface area (Å²) in [5.41, 5.74) is 3.50. The van der Waals surface area contributed by atoms with E-state index in [1.165, 1.54) is 11.3 Å². The highest BCUT2D eigenvalue weighted by molar-refractivity contribution is 7.22. The van der Waals surface area contributed by atoms with Crippen LogP contribution in [0.1, 0.15) is 17.3 Å². The van der Waals surface area contributed by atoms with Crippen LogP contribution < -0.4 is 19.5 Å². The summed E-state index contributed by atoms with van der Waals surface area (Å²) in [4.78, 5) is 22.8. The molecule has 1 amide bonds. The van der Waals surface area contributed by atoms with Crippen LogP contribution in [-0.2, 0) is 0 Å². The van der Waals surface area contributed by atoms with E-state index in [2.05, 4.69) is 10.3 Å². The van der Waals surface area contributed by atoms with E-state index in [1.807, 2.05) is 67.6 Å². The van der Waals surface area contributed by atoms with Gasteiger partial charge in [0.05, 0.1) is 47.8 Å². The molecule has 0 atom stereocenters. The molecule has 8 heteroatoms. The van der Waals surface area contributed by atoms with Crippen LogP contribution in [0.15, 0.2) is 66.7 Å². The van der Waals surface area contributed by atoms with Crippen LogP contribution in [0.5, 0.6) is 17.2 Å². The summed E-state index contributed by atoms with van der Waals surface area (Å²) >= 11 is 1.41. The van der Waals surface area contributed by atoms with Gasteiger partial charge in [0.2, 0.25) is 0 Å². The SMILES string of the molecule is CCOc1ccc2nc(NC(=O)c3cc(-c4ccc(OC)c(OC)c4)nc4ccccc34)sc2c1. The molecule has 35 heavy (non-hydrogen) atoms. The summed E-state index contributed by atoms with van der Waals surface area (Å²) < 4.78 is 17.3. The minimum atomic E-state index is -0.255. The van der Waals surface area contributed by atoms with Crippen molar-refractivity contribution >= 4 is 43.5 Å². The molecular formula is C27H23N3O4S. The summed E-state index contributed by atoms with van der Waals surface area (Å²) in [6.07, 6.45) is 0. The van der Waals surface area contributed by atoms with E-state index >= 15 is 0 Å². The van der Waals surface area contributed by atoms with Gasteiger partial charge >= 0.3 is 0 Å². The first-order chi connectivity index (χ1) is 17.1. The molecule has 0 radical (unpaired) electrons. The quantitative estimate of drug-likeness (QED) is 0.296. The van der Waals surface area contributed by atoms with Gasteiger partial charge in [0.1, 0.15) is 5.75 Å². The van der Waals surface area contributed by atoms with Crippen LogP contribution >= 0.6 is 11.3 Å². The van der Waals surface area contributed by atoms with Gasteiger partial charge in [0.15, 0.2) is 16.6 Å². The lowest BCUT2D eigenvalue weighted by Crippen LogP contribution is -2.13. The van der Waals surface area contributed by atoms with Crippen molar-refractivity contribution in [2.24, 2.45) is 0 Å². The van der Waals surface area contributed by atoms with Crippen molar-refractivity contribution in [2.45, 2.75) is 6.92 Å². The van der Waals surface area contributed by atoms with Crippen molar-refractivity contribution in [1.82, 2.24) is 9.97 Å². The van der Waals surface area contributed by atoms with Crippen LogP contribution in [0, 0.1) is 0 Å². The predicted octanol–water partition coefficient (Wildman–Crippen LogP) is 6.18. The van der Waals surface area contributed by atoms with Gasteiger partial charge in [0, 0.05) is 10.9 Å². The van der Waals surface area contributed by atoms with E-state index in [1.54, 1.807) is 20.3 Å². The lowest BCUT2D eigenvalue weighted by atomic mass is 10.0. The molecule has 2 heterocycles. The Bertz CT molecular complexity index is 1550. The molecule has 0 fully saturated rings. The molecule has 0 unspecified atom stereocenters. The maximum absolute atomic E-state index is 13.4. The zero-order valence-electron chi connectivity index (χ0n) is 19.5. The third-order valence-corrected chi connectivity index (χ3v) is 6.47. The molecule has 0 bridgehead atoms. The van der Waals surface area contributed by atoms with Crippen LogP contribution in [-0.4, -0.2) is 36.7 Å². The number of fused-ring (bicyclic) bond motifs is 2. The predicted molar refractivity (Wildman–Crippen MR) is 139 cm³/mol. The highest BCUT2D eigenvalue weighted by atomic mass is 32.1. The largest absolute Gasteiger partial charge is 0.494 e. The van der Waals surface area contributed by atoms with Gasteiger partial charge in [-0.05, 0) is 55.5 Å². The smallest absolute Gasteiger partial charge is 0.258 e. The minimum Gasteiger partial charge on any atom is -0.494 e. The van der Waals surface area contributed by atoms with Crippen LogP contribution in [0.25, 0.3) is 32.4 Å². The number of thiazole rings is 1. The van der Waals surface area contributed by atoms with Crippen molar-refractivity contribution in [3.63, 3.8) is 0 Å². The molecule has 0 saturated carbocycles. The molecular weight excluding hydrogens is 462 g/mol. The Morgan fingerprint density at radius 1 is 0.914 bits per heavy atom. The number of ether oxygens (including phenoxy) is 3. The fraction of sp³-hybridized carbons (Fsp3) is 0.148. The molecule has 0 aliphatic heterocycles. The van der Waals surface area contributed by atoms with Crippen molar-refractivity contribution in [3.05, 3.63) is 72.3 Å². The second kappa shape index (κ2) is 9.60. The first-order valence-corrected chi connectivity index (χ1v) is 11.9. The molecule has 5 rings (SSSR count). The molecule has 5 aromatic rings. The number of hydrogen-bond donors (Lipinski definition) is 1.